The summed E-state index contributed by atoms with van der Waals surface area (Å²) in [5, 5.41) is 0.668. The SMILES string of the molecule is O=C(c1ccccc1Cc1ccccc1)N1C[C@H](OC(=O)C(F)(F)F)[C@@H](N2CCN(Cc3ccc(Cl)cc3)CC2)C1. The predicted molar refractivity (Wildman–Crippen MR) is 150 cm³/mol. The lowest BCUT2D eigenvalue weighted by Crippen LogP contribution is -2.54. The molecule has 0 aliphatic carbocycles. The van der Waals surface area contributed by atoms with Crippen LogP contribution in [0, 0.1) is 0 Å². The highest BCUT2D eigenvalue weighted by atomic mass is 35.5. The van der Waals surface area contributed by atoms with Crippen molar-refractivity contribution in [2.45, 2.75) is 31.3 Å². The summed E-state index contributed by atoms with van der Waals surface area (Å²) in [5.41, 5.74) is 3.48. The first kappa shape index (κ1) is 29.1. The number of rotatable bonds is 7. The fraction of sp³-hybridized carbons (Fsp3) is 0.355. The molecule has 0 spiro atoms. The van der Waals surface area contributed by atoms with Crippen molar-refractivity contribution in [3.8, 4) is 0 Å². The monoisotopic (exact) mass is 585 g/mol. The molecule has 2 aliphatic heterocycles. The van der Waals surface area contributed by atoms with Gasteiger partial charge in [0.1, 0.15) is 6.10 Å². The van der Waals surface area contributed by atoms with Gasteiger partial charge in [-0.2, -0.15) is 13.2 Å². The van der Waals surface area contributed by atoms with Crippen molar-refractivity contribution in [1.82, 2.24) is 14.7 Å². The second-order valence-electron chi connectivity index (χ2n) is 10.5. The van der Waals surface area contributed by atoms with Gasteiger partial charge in [-0.1, -0.05) is 72.3 Å². The first-order chi connectivity index (χ1) is 19.7. The van der Waals surface area contributed by atoms with Gasteiger partial charge in [0.25, 0.3) is 5.91 Å². The van der Waals surface area contributed by atoms with Crippen molar-refractivity contribution in [2.24, 2.45) is 0 Å². The van der Waals surface area contributed by atoms with E-state index in [1.807, 2.05) is 71.6 Å². The molecule has 6 nitrogen and oxygen atoms in total. The first-order valence-electron chi connectivity index (χ1n) is 13.6. The number of benzene rings is 3. The van der Waals surface area contributed by atoms with Crippen molar-refractivity contribution in [3.05, 3.63) is 106 Å². The van der Waals surface area contributed by atoms with Crippen molar-refractivity contribution in [1.29, 1.82) is 0 Å². The summed E-state index contributed by atoms with van der Waals surface area (Å²) in [6.45, 7) is 3.32. The van der Waals surface area contributed by atoms with Gasteiger partial charge in [0.2, 0.25) is 0 Å². The molecular weight excluding hydrogens is 555 g/mol. The highest BCUT2D eigenvalue weighted by Crippen LogP contribution is 2.27. The largest absolute Gasteiger partial charge is 0.490 e. The summed E-state index contributed by atoms with van der Waals surface area (Å²) in [6.07, 6.45) is -5.65. The van der Waals surface area contributed by atoms with E-state index in [0.717, 1.165) is 23.2 Å². The average Bonchev–Trinajstić information content (AvgIpc) is 3.38. The summed E-state index contributed by atoms with van der Waals surface area (Å²) in [4.78, 5) is 31.4. The second-order valence-corrected chi connectivity index (χ2v) is 10.9. The van der Waals surface area contributed by atoms with Crippen LogP contribution in [0.4, 0.5) is 13.2 Å². The maximum Gasteiger partial charge on any atom is 0.490 e. The molecule has 0 aromatic heterocycles. The van der Waals surface area contributed by atoms with Crippen molar-refractivity contribution in [3.63, 3.8) is 0 Å². The number of amides is 1. The first-order valence-corrected chi connectivity index (χ1v) is 13.9. The summed E-state index contributed by atoms with van der Waals surface area (Å²) in [7, 11) is 0. The number of hydrogen-bond acceptors (Lipinski definition) is 5. The Morgan fingerprint density at radius 2 is 1.49 bits per heavy atom. The fourth-order valence-electron chi connectivity index (χ4n) is 5.56. The number of alkyl halides is 3. The highest BCUT2D eigenvalue weighted by molar-refractivity contribution is 6.30. The molecule has 2 atom stereocenters. The molecule has 0 bridgehead atoms. The van der Waals surface area contributed by atoms with Gasteiger partial charge in [-0.15, -0.1) is 0 Å². The second kappa shape index (κ2) is 12.6. The highest BCUT2D eigenvalue weighted by Gasteiger charge is 2.48. The number of likely N-dealkylation sites (tertiary alicyclic amines) is 1. The zero-order chi connectivity index (χ0) is 29.0. The topological polar surface area (TPSA) is 53.1 Å². The number of carbonyl (C=O) groups is 2. The lowest BCUT2D eigenvalue weighted by Gasteiger charge is -2.39. The van der Waals surface area contributed by atoms with Crippen LogP contribution in [0.1, 0.15) is 27.0 Å². The molecule has 41 heavy (non-hydrogen) atoms. The van der Waals surface area contributed by atoms with E-state index >= 15 is 0 Å². The molecule has 10 heteroatoms. The molecule has 2 fully saturated rings. The third-order valence-electron chi connectivity index (χ3n) is 7.69. The molecule has 2 heterocycles. The van der Waals surface area contributed by atoms with Gasteiger partial charge >= 0.3 is 12.1 Å². The standard InChI is InChI=1S/C31H31ClF3N3O3/c32-25-12-10-23(11-13-25)19-36-14-16-37(17-15-36)27-20-38(21-28(27)41-30(40)31(33,34)35)29(39)26-9-5-4-8-24(26)18-22-6-2-1-3-7-22/h1-13,27-28H,14-21H2/t27-,28-/m0/s1. The van der Waals surface area contributed by atoms with Gasteiger partial charge in [-0.3, -0.25) is 14.6 Å². The lowest BCUT2D eigenvalue weighted by molar-refractivity contribution is -0.206. The van der Waals surface area contributed by atoms with Crippen molar-refractivity contribution in [2.75, 3.05) is 39.3 Å². The van der Waals surface area contributed by atoms with E-state index in [1.54, 1.807) is 12.1 Å². The van der Waals surface area contributed by atoms with Gasteiger partial charge in [-0.25, -0.2) is 4.79 Å². The molecule has 3 aromatic carbocycles. The Labute approximate surface area is 242 Å². The zero-order valence-electron chi connectivity index (χ0n) is 22.4. The summed E-state index contributed by atoms with van der Waals surface area (Å²) >= 11 is 5.99. The maximum absolute atomic E-state index is 13.7. The van der Waals surface area contributed by atoms with Crippen LogP contribution in [-0.2, 0) is 22.5 Å². The molecule has 5 rings (SSSR count). The maximum atomic E-state index is 13.7. The number of esters is 1. The average molecular weight is 586 g/mol. The Kier molecular flexibility index (Phi) is 8.97. The molecule has 0 unspecified atom stereocenters. The molecule has 0 saturated carbocycles. The van der Waals surface area contributed by atoms with Gasteiger partial charge in [-0.05, 0) is 41.3 Å². The molecule has 3 aromatic rings. The van der Waals surface area contributed by atoms with Crippen LogP contribution in [0.3, 0.4) is 0 Å². The van der Waals surface area contributed by atoms with Gasteiger partial charge in [0.15, 0.2) is 0 Å². The van der Waals surface area contributed by atoms with Crippen LogP contribution in [-0.4, -0.2) is 84.2 Å². The smallest absolute Gasteiger partial charge is 0.452 e. The normalized spacial score (nSPS) is 20.2. The molecule has 0 radical (unpaired) electrons. The van der Waals surface area contributed by atoms with Crippen LogP contribution in [0.5, 0.6) is 0 Å². The molecular formula is C31H31ClF3N3O3. The Bertz CT molecular complexity index is 1350. The third-order valence-corrected chi connectivity index (χ3v) is 7.95. The van der Waals surface area contributed by atoms with E-state index < -0.39 is 24.3 Å². The quantitative estimate of drug-likeness (QED) is 0.364. The van der Waals surface area contributed by atoms with Crippen LogP contribution in [0.25, 0.3) is 0 Å². The van der Waals surface area contributed by atoms with Crippen LogP contribution in [0.15, 0.2) is 78.9 Å². The molecule has 216 valence electrons. The molecule has 0 N–H and O–H groups in total. The van der Waals surface area contributed by atoms with E-state index in [9.17, 15) is 22.8 Å². The lowest BCUT2D eigenvalue weighted by atomic mass is 9.99. The number of nitrogens with zero attached hydrogens (tertiary/aromatic N) is 3. The molecule has 1 amide bonds. The minimum absolute atomic E-state index is 0.101. The Balaban J connectivity index is 1.29. The molecule has 2 saturated heterocycles. The van der Waals surface area contributed by atoms with E-state index in [0.29, 0.717) is 43.2 Å². The van der Waals surface area contributed by atoms with Crippen molar-refractivity contribution >= 4 is 23.5 Å². The number of ether oxygens (including phenoxy) is 1. The van der Waals surface area contributed by atoms with Crippen LogP contribution in [0.2, 0.25) is 5.02 Å². The summed E-state index contributed by atoms with van der Waals surface area (Å²) < 4.78 is 44.4. The number of piperazine rings is 1. The fourth-order valence-corrected chi connectivity index (χ4v) is 5.69. The zero-order valence-corrected chi connectivity index (χ0v) is 23.2. The van der Waals surface area contributed by atoms with E-state index in [4.69, 9.17) is 16.3 Å². The van der Waals surface area contributed by atoms with Crippen molar-refractivity contribution < 1.29 is 27.5 Å². The number of hydrogen-bond donors (Lipinski definition) is 0. The Morgan fingerprint density at radius 1 is 0.829 bits per heavy atom. The van der Waals surface area contributed by atoms with E-state index in [1.165, 1.54) is 4.90 Å². The Hall–Kier alpha value is -3.40. The van der Waals surface area contributed by atoms with E-state index in [-0.39, 0.29) is 19.0 Å². The minimum Gasteiger partial charge on any atom is -0.452 e. The Morgan fingerprint density at radius 3 is 2.17 bits per heavy atom. The minimum atomic E-state index is -5.11. The van der Waals surface area contributed by atoms with Crippen LogP contribution < -0.4 is 0 Å². The van der Waals surface area contributed by atoms with Gasteiger partial charge in [0.05, 0.1) is 12.6 Å². The molecule has 2 aliphatic rings. The summed E-state index contributed by atoms with van der Waals surface area (Å²) in [5.74, 6) is -2.51. The van der Waals surface area contributed by atoms with Gasteiger partial charge < -0.3 is 9.64 Å². The third kappa shape index (κ3) is 7.28. The van der Waals surface area contributed by atoms with Gasteiger partial charge in [0, 0.05) is 49.9 Å². The number of halogens is 4. The number of carbonyl (C=O) groups excluding carboxylic acids is 2. The van der Waals surface area contributed by atoms with E-state index in [2.05, 4.69) is 4.90 Å². The van der Waals surface area contributed by atoms with Crippen LogP contribution >= 0.6 is 11.6 Å². The summed E-state index contributed by atoms with van der Waals surface area (Å²) in [6, 6.07) is 24.1. The predicted octanol–water partition coefficient (Wildman–Crippen LogP) is 5.05.